The van der Waals surface area contributed by atoms with Crippen molar-refractivity contribution in [2.24, 2.45) is 0 Å². The van der Waals surface area contributed by atoms with Gasteiger partial charge in [0.2, 0.25) is 0 Å². The number of benzene rings is 4. The van der Waals surface area contributed by atoms with Gasteiger partial charge in [-0.15, -0.1) is 0 Å². The molecule has 0 N–H and O–H groups in total. The number of hydrogen-bond acceptors (Lipinski definition) is 1. The zero-order valence-electron chi connectivity index (χ0n) is 44.4. The van der Waals surface area contributed by atoms with E-state index in [1.807, 2.05) is 0 Å². The van der Waals surface area contributed by atoms with Crippen LogP contribution in [0.25, 0.3) is 11.1 Å². The lowest BCUT2D eigenvalue weighted by Gasteiger charge is -2.38. The van der Waals surface area contributed by atoms with E-state index in [9.17, 15) is 0 Å². The molecule has 4 aromatic rings. The van der Waals surface area contributed by atoms with Gasteiger partial charge in [0.15, 0.2) is 0 Å². The van der Waals surface area contributed by atoms with E-state index in [0.717, 1.165) is 6.54 Å². The summed E-state index contributed by atoms with van der Waals surface area (Å²) in [5.74, 6) is 0. The van der Waals surface area contributed by atoms with Crippen LogP contribution in [0.15, 0.2) is 91.0 Å². The maximum atomic E-state index is 2.95. The van der Waals surface area contributed by atoms with E-state index in [-0.39, 0.29) is 0 Å². The van der Waals surface area contributed by atoms with Gasteiger partial charge in [0.05, 0.1) is 32.3 Å². The minimum atomic E-state index is -1.81. The van der Waals surface area contributed by atoms with Gasteiger partial charge in [-0.2, -0.15) is 0 Å². The van der Waals surface area contributed by atoms with Crippen LogP contribution in [0.2, 0.25) is 75.5 Å². The monoisotopic (exact) mass is 982 g/mol. The quantitative estimate of drug-likeness (QED) is 0.0359. The second-order valence-electron chi connectivity index (χ2n) is 22.0. The van der Waals surface area contributed by atoms with Crippen LogP contribution in [0, 0.1) is 0 Å². The molecule has 0 aliphatic carbocycles. The second kappa shape index (κ2) is 27.6. The lowest BCUT2D eigenvalue weighted by atomic mass is 10.1. The molecule has 0 spiro atoms. The van der Waals surface area contributed by atoms with E-state index in [1.54, 1.807) is 31.4 Å². The molecule has 7 heteroatoms. The van der Waals surface area contributed by atoms with E-state index in [2.05, 4.69) is 183 Å². The number of nitrogens with zero attached hydrogens (tertiary/aromatic N) is 1. The van der Waals surface area contributed by atoms with Gasteiger partial charge in [0.25, 0.3) is 0 Å². The van der Waals surface area contributed by atoms with Gasteiger partial charge in [-0.25, -0.2) is 0 Å². The molecule has 2 atom stereocenters. The van der Waals surface area contributed by atoms with Crippen molar-refractivity contribution in [1.29, 1.82) is 0 Å². The van der Waals surface area contributed by atoms with Crippen molar-refractivity contribution >= 4 is 85.4 Å². The standard InChI is InChI=1S/C58H97NP2Si4/c1-14-21-43-59(51-37-41-53(42-38-51)65(47-25-18-5,48-26-19-6)49-27-20-7)61(56-33-28-29-34-57(56)62(8,9)10)60-55-32-30-31-54(58(55)63(11,12)13)50-35-39-52(40-36-50)64(44-22-15-2,45-23-16-3)46-24-17-4/h28-42,60H,14-27,43-49H2,1-13H3. The van der Waals surface area contributed by atoms with Crippen molar-refractivity contribution < 1.29 is 0 Å². The highest BCUT2D eigenvalue weighted by Gasteiger charge is 2.36. The summed E-state index contributed by atoms with van der Waals surface area (Å²) < 4.78 is 2.95. The molecule has 0 aromatic heterocycles. The molecule has 360 valence electrons. The van der Waals surface area contributed by atoms with E-state index >= 15 is 0 Å². The Bertz CT molecular complexity index is 1900. The smallest absolute Gasteiger partial charge is 0.0867 e. The Balaban J connectivity index is 1.93. The van der Waals surface area contributed by atoms with Crippen molar-refractivity contribution in [3.63, 3.8) is 0 Å². The number of rotatable bonds is 31. The molecular formula is C58H97NP2Si4. The van der Waals surface area contributed by atoms with E-state index < -0.39 is 40.1 Å². The predicted octanol–water partition coefficient (Wildman–Crippen LogP) is 16.8. The normalized spacial score (nSPS) is 13.2. The predicted molar refractivity (Wildman–Crippen MR) is 317 cm³/mol. The first-order valence-corrected chi connectivity index (χ1v) is 42.4. The number of hydrogen-bond donors (Lipinski definition) is 0. The average molecular weight is 983 g/mol. The van der Waals surface area contributed by atoms with Crippen LogP contribution in [0.1, 0.15) is 138 Å². The highest BCUT2D eigenvalue weighted by atomic mass is 32.1. The van der Waals surface area contributed by atoms with Crippen LogP contribution in [0.5, 0.6) is 0 Å². The lowest BCUT2D eigenvalue weighted by molar-refractivity contribution is 0.800. The van der Waals surface area contributed by atoms with Crippen molar-refractivity contribution in [1.82, 2.24) is 0 Å². The zero-order chi connectivity index (χ0) is 47.5. The largest absolute Gasteiger partial charge is 0.343 e. The Labute approximate surface area is 410 Å². The topological polar surface area (TPSA) is 3.24 Å². The van der Waals surface area contributed by atoms with Crippen molar-refractivity contribution in [2.75, 3.05) is 11.2 Å². The van der Waals surface area contributed by atoms with Gasteiger partial charge in [-0.05, 0) is 53.7 Å². The zero-order valence-corrected chi connectivity index (χ0v) is 50.3. The summed E-state index contributed by atoms with van der Waals surface area (Å²) >= 11 is 0. The summed E-state index contributed by atoms with van der Waals surface area (Å²) in [5, 5.41) is 10.1. The minimum Gasteiger partial charge on any atom is -0.343 e. The van der Waals surface area contributed by atoms with Gasteiger partial charge >= 0.3 is 0 Å². The Morgan fingerprint density at radius 2 is 0.877 bits per heavy atom. The molecular weight excluding hydrogens is 885 g/mol. The maximum Gasteiger partial charge on any atom is 0.0867 e. The van der Waals surface area contributed by atoms with Crippen LogP contribution >= 0.6 is 16.0 Å². The highest BCUT2D eigenvalue weighted by Crippen LogP contribution is 2.58. The summed E-state index contributed by atoms with van der Waals surface area (Å²) in [5.41, 5.74) is 4.40. The fraction of sp³-hybridized carbons (Fsp3) is 0.586. The van der Waals surface area contributed by atoms with Crippen molar-refractivity contribution in [2.45, 2.75) is 214 Å². The minimum absolute atomic E-state index is 0.683. The fourth-order valence-electron chi connectivity index (χ4n) is 10.7. The van der Waals surface area contributed by atoms with Crippen LogP contribution in [-0.4, -0.2) is 38.8 Å². The van der Waals surface area contributed by atoms with E-state index in [1.165, 1.54) is 143 Å². The Hall–Kier alpha value is -1.59. The molecule has 0 fully saturated rings. The second-order valence-corrected chi connectivity index (χ2v) is 45.6. The summed E-state index contributed by atoms with van der Waals surface area (Å²) in [6.45, 7) is 33.4. The summed E-state index contributed by atoms with van der Waals surface area (Å²) in [6, 6.07) is 46.9. The van der Waals surface area contributed by atoms with Gasteiger partial charge < -0.3 is 4.67 Å². The van der Waals surface area contributed by atoms with Gasteiger partial charge in [-0.1, -0.05) is 302 Å². The fourth-order valence-corrected chi connectivity index (χ4v) is 34.1. The first kappa shape index (κ1) is 56.0. The van der Waals surface area contributed by atoms with Crippen LogP contribution in [0.3, 0.4) is 0 Å². The molecule has 0 saturated carbocycles. The first-order chi connectivity index (χ1) is 31.2. The summed E-state index contributed by atoms with van der Waals surface area (Å²) in [6.07, 6.45) is 18.6. The molecule has 0 radical (unpaired) electrons. The molecule has 65 heavy (non-hydrogen) atoms. The molecule has 0 saturated heterocycles. The Kier molecular flexibility index (Phi) is 23.7. The third-order valence-corrected chi connectivity index (χ3v) is 35.6. The highest BCUT2D eigenvalue weighted by molar-refractivity contribution is 8.28. The Morgan fingerprint density at radius 3 is 1.29 bits per heavy atom. The molecule has 0 bridgehead atoms. The summed E-state index contributed by atoms with van der Waals surface area (Å²) in [4.78, 5) is 0. The molecule has 0 aliphatic rings. The van der Waals surface area contributed by atoms with Crippen molar-refractivity contribution in [3.05, 3.63) is 91.0 Å². The lowest BCUT2D eigenvalue weighted by Crippen LogP contribution is -2.49. The molecule has 4 aromatic carbocycles. The first-order valence-electron chi connectivity index (χ1n) is 27.0. The number of unbranched alkanes of at least 4 members (excludes halogenated alkanes) is 7. The third-order valence-electron chi connectivity index (χ3n) is 14.6. The number of anilines is 1. The van der Waals surface area contributed by atoms with Crippen LogP contribution in [0.4, 0.5) is 5.69 Å². The molecule has 2 unspecified atom stereocenters. The van der Waals surface area contributed by atoms with Crippen LogP contribution < -0.4 is 36.0 Å². The van der Waals surface area contributed by atoms with Gasteiger partial charge in [0, 0.05) is 20.0 Å². The Morgan fingerprint density at radius 1 is 0.446 bits per heavy atom. The average Bonchev–Trinajstić information content (AvgIpc) is 3.30. The molecule has 0 aliphatic heterocycles. The molecule has 0 amide bonds. The van der Waals surface area contributed by atoms with E-state index in [4.69, 9.17) is 0 Å². The van der Waals surface area contributed by atoms with Gasteiger partial charge in [0.1, 0.15) is 0 Å². The van der Waals surface area contributed by atoms with Gasteiger partial charge in [-0.3, -0.25) is 0 Å². The van der Waals surface area contributed by atoms with E-state index in [0.29, 0.717) is 8.27 Å². The third kappa shape index (κ3) is 15.4. The van der Waals surface area contributed by atoms with Crippen LogP contribution in [-0.2, 0) is 0 Å². The SMILES string of the molecule is CCCCN(c1ccc([Si](CCCC)(CCCC)CCCC)cc1)P(Pc1cccc(-c2ccc([Si](CCCC)(CCCC)CCCC)cc2)c1[Si](C)(C)C)c1ccccc1[Si](C)(C)C. The van der Waals surface area contributed by atoms with Crippen molar-refractivity contribution in [3.8, 4) is 11.1 Å². The molecule has 1 nitrogen and oxygen atoms in total. The molecule has 4 rings (SSSR count). The summed E-state index contributed by atoms with van der Waals surface area (Å²) in [7, 11) is -6.61. The maximum absolute atomic E-state index is 2.95. The molecule has 0 heterocycles.